The van der Waals surface area contributed by atoms with Gasteiger partial charge in [0.05, 0.1) is 4.90 Å². The number of halogens is 1. The van der Waals surface area contributed by atoms with Crippen LogP contribution in [0, 0.1) is 12.7 Å². The quantitative estimate of drug-likeness (QED) is 0.860. The van der Waals surface area contributed by atoms with Crippen LogP contribution in [0.15, 0.2) is 47.4 Å². The molecule has 0 bridgehead atoms. The number of hydrogen-bond acceptors (Lipinski definition) is 3. The van der Waals surface area contributed by atoms with Crippen LogP contribution in [0.5, 0.6) is 0 Å². The van der Waals surface area contributed by atoms with E-state index in [1.165, 1.54) is 34.6 Å². The van der Waals surface area contributed by atoms with Crippen molar-refractivity contribution in [1.82, 2.24) is 4.31 Å². The first kappa shape index (κ1) is 19.5. The van der Waals surface area contributed by atoms with Crippen molar-refractivity contribution in [1.29, 1.82) is 0 Å². The van der Waals surface area contributed by atoms with E-state index in [0.717, 1.165) is 19.3 Å². The van der Waals surface area contributed by atoms with Crippen LogP contribution in [-0.2, 0) is 10.0 Å². The highest BCUT2D eigenvalue weighted by Crippen LogP contribution is 2.25. The molecule has 27 heavy (non-hydrogen) atoms. The van der Waals surface area contributed by atoms with E-state index in [9.17, 15) is 17.6 Å². The average molecular weight is 390 g/mol. The molecule has 2 aromatic rings. The molecule has 1 fully saturated rings. The molecule has 1 aliphatic heterocycles. The summed E-state index contributed by atoms with van der Waals surface area (Å²) in [7, 11) is -3.57. The number of nitrogens with zero attached hydrogens (tertiary/aromatic N) is 1. The fourth-order valence-electron chi connectivity index (χ4n) is 3.22. The Morgan fingerprint density at radius 2 is 1.85 bits per heavy atom. The second-order valence-corrected chi connectivity index (χ2v) is 8.79. The summed E-state index contributed by atoms with van der Waals surface area (Å²) >= 11 is 0. The molecule has 5 nitrogen and oxygen atoms in total. The van der Waals surface area contributed by atoms with Crippen LogP contribution in [-0.4, -0.2) is 31.2 Å². The van der Waals surface area contributed by atoms with Crippen LogP contribution in [0.1, 0.15) is 42.1 Å². The van der Waals surface area contributed by atoms with Gasteiger partial charge in [-0.3, -0.25) is 4.79 Å². The number of amides is 1. The molecule has 1 amide bonds. The minimum Gasteiger partial charge on any atom is -0.322 e. The van der Waals surface area contributed by atoms with Gasteiger partial charge in [-0.15, -0.1) is 0 Å². The zero-order chi connectivity index (χ0) is 19.6. The first-order chi connectivity index (χ1) is 12.8. The van der Waals surface area contributed by atoms with Crippen molar-refractivity contribution in [3.8, 4) is 0 Å². The Labute approximate surface area is 159 Å². The predicted molar refractivity (Wildman–Crippen MR) is 103 cm³/mol. The zero-order valence-electron chi connectivity index (χ0n) is 15.4. The van der Waals surface area contributed by atoms with Crippen LogP contribution in [0.4, 0.5) is 10.1 Å². The molecule has 0 spiro atoms. The Bertz CT molecular complexity index is 942. The first-order valence-corrected chi connectivity index (χ1v) is 10.4. The lowest BCUT2D eigenvalue weighted by Crippen LogP contribution is -2.41. The van der Waals surface area contributed by atoms with Crippen molar-refractivity contribution in [2.75, 3.05) is 11.9 Å². The molecule has 7 heteroatoms. The fourth-order valence-corrected chi connectivity index (χ4v) is 4.92. The second-order valence-electron chi connectivity index (χ2n) is 6.90. The molecule has 0 unspecified atom stereocenters. The van der Waals surface area contributed by atoms with Gasteiger partial charge in [-0.05, 0) is 68.7 Å². The summed E-state index contributed by atoms with van der Waals surface area (Å²) in [5, 5.41) is 2.62. The highest BCUT2D eigenvalue weighted by Gasteiger charge is 2.30. The summed E-state index contributed by atoms with van der Waals surface area (Å²) in [4.78, 5) is 12.5. The van der Waals surface area contributed by atoms with E-state index in [1.54, 1.807) is 19.1 Å². The van der Waals surface area contributed by atoms with Gasteiger partial charge >= 0.3 is 0 Å². The Balaban J connectivity index is 1.76. The maximum atomic E-state index is 13.6. The van der Waals surface area contributed by atoms with E-state index in [4.69, 9.17) is 0 Å². The van der Waals surface area contributed by atoms with E-state index < -0.39 is 21.7 Å². The SMILES string of the molecule is Cc1ccc(NC(=O)c2ccc(S(=O)(=O)N3CCCC[C@H]3C)cc2)cc1F. The largest absolute Gasteiger partial charge is 0.322 e. The molecule has 0 radical (unpaired) electrons. The molecule has 0 aromatic heterocycles. The Hall–Kier alpha value is -2.25. The predicted octanol–water partition coefficient (Wildman–Crippen LogP) is 3.95. The van der Waals surface area contributed by atoms with Gasteiger partial charge < -0.3 is 5.32 Å². The summed E-state index contributed by atoms with van der Waals surface area (Å²) in [6.07, 6.45) is 2.75. The molecule has 144 valence electrons. The van der Waals surface area contributed by atoms with E-state index in [-0.39, 0.29) is 10.9 Å². The van der Waals surface area contributed by atoms with E-state index in [1.807, 2.05) is 6.92 Å². The molecular weight excluding hydrogens is 367 g/mol. The molecule has 0 saturated carbocycles. The van der Waals surface area contributed by atoms with Crippen LogP contribution in [0.3, 0.4) is 0 Å². The van der Waals surface area contributed by atoms with Gasteiger partial charge in [0, 0.05) is 23.8 Å². The highest BCUT2D eigenvalue weighted by molar-refractivity contribution is 7.89. The van der Waals surface area contributed by atoms with Gasteiger partial charge in [-0.25, -0.2) is 12.8 Å². The smallest absolute Gasteiger partial charge is 0.255 e. The van der Waals surface area contributed by atoms with Crippen LogP contribution in [0.2, 0.25) is 0 Å². The molecule has 2 aromatic carbocycles. The van der Waals surface area contributed by atoms with Gasteiger partial charge in [0.2, 0.25) is 10.0 Å². The molecule has 1 N–H and O–H groups in total. The number of aryl methyl sites for hydroxylation is 1. The molecule has 1 atom stereocenters. The van der Waals surface area contributed by atoms with E-state index in [2.05, 4.69) is 5.32 Å². The summed E-state index contributed by atoms with van der Waals surface area (Å²) in [5.74, 6) is -0.821. The lowest BCUT2D eigenvalue weighted by molar-refractivity contribution is 0.102. The van der Waals surface area contributed by atoms with Gasteiger partial charge in [-0.1, -0.05) is 12.5 Å². The van der Waals surface area contributed by atoms with Crippen molar-refractivity contribution in [2.45, 2.75) is 44.0 Å². The minimum atomic E-state index is -3.57. The van der Waals surface area contributed by atoms with Gasteiger partial charge in [0.15, 0.2) is 0 Å². The van der Waals surface area contributed by atoms with Gasteiger partial charge in [-0.2, -0.15) is 4.31 Å². The monoisotopic (exact) mass is 390 g/mol. The lowest BCUT2D eigenvalue weighted by atomic mass is 10.1. The van der Waals surface area contributed by atoms with Crippen molar-refractivity contribution in [3.63, 3.8) is 0 Å². The summed E-state index contributed by atoms with van der Waals surface area (Å²) in [6.45, 7) is 4.08. The minimum absolute atomic E-state index is 0.0249. The topological polar surface area (TPSA) is 66.5 Å². The molecule has 0 aliphatic carbocycles. The number of rotatable bonds is 4. The average Bonchev–Trinajstić information content (AvgIpc) is 2.65. The van der Waals surface area contributed by atoms with E-state index in [0.29, 0.717) is 23.4 Å². The third-order valence-corrected chi connectivity index (χ3v) is 6.92. The highest BCUT2D eigenvalue weighted by atomic mass is 32.2. The lowest BCUT2D eigenvalue weighted by Gasteiger charge is -2.32. The number of carbonyl (C=O) groups is 1. The van der Waals surface area contributed by atoms with Gasteiger partial charge in [0.25, 0.3) is 5.91 Å². The van der Waals surface area contributed by atoms with Crippen molar-refractivity contribution >= 4 is 21.6 Å². The molecule has 1 heterocycles. The van der Waals surface area contributed by atoms with Crippen molar-refractivity contribution in [3.05, 3.63) is 59.4 Å². The van der Waals surface area contributed by atoms with Crippen molar-refractivity contribution in [2.24, 2.45) is 0 Å². The maximum Gasteiger partial charge on any atom is 0.255 e. The maximum absolute atomic E-state index is 13.6. The normalized spacial score (nSPS) is 18.3. The Morgan fingerprint density at radius 3 is 2.48 bits per heavy atom. The molecule has 1 saturated heterocycles. The van der Waals surface area contributed by atoms with E-state index >= 15 is 0 Å². The molecule has 3 rings (SSSR count). The number of hydrogen-bond donors (Lipinski definition) is 1. The third kappa shape index (κ3) is 4.20. The number of carbonyl (C=O) groups excluding carboxylic acids is 1. The van der Waals surface area contributed by atoms with Crippen LogP contribution in [0.25, 0.3) is 0 Å². The Morgan fingerprint density at radius 1 is 1.15 bits per heavy atom. The number of nitrogens with one attached hydrogen (secondary N) is 1. The standard InChI is InChI=1S/C20H23FN2O3S/c1-14-6-9-17(13-19(14)21)22-20(24)16-7-10-18(11-8-16)27(25,26)23-12-4-3-5-15(23)2/h6-11,13,15H,3-5,12H2,1-2H3,(H,22,24)/t15-/m1/s1. The number of anilines is 1. The number of piperidine rings is 1. The van der Waals surface area contributed by atoms with Crippen molar-refractivity contribution < 1.29 is 17.6 Å². The molecule has 1 aliphatic rings. The van der Waals surface area contributed by atoms with Crippen LogP contribution < -0.4 is 5.32 Å². The fraction of sp³-hybridized carbons (Fsp3) is 0.350. The second kappa shape index (κ2) is 7.78. The van der Waals surface area contributed by atoms with Gasteiger partial charge in [0.1, 0.15) is 5.82 Å². The number of sulfonamides is 1. The number of benzene rings is 2. The summed E-state index contributed by atoms with van der Waals surface area (Å²) in [5.41, 5.74) is 1.15. The third-order valence-electron chi connectivity index (χ3n) is 4.89. The zero-order valence-corrected chi connectivity index (χ0v) is 16.2. The Kier molecular flexibility index (Phi) is 5.62. The summed E-state index contributed by atoms with van der Waals surface area (Å²) in [6, 6.07) is 10.3. The first-order valence-electron chi connectivity index (χ1n) is 8.98. The molecular formula is C20H23FN2O3S. The summed E-state index contributed by atoms with van der Waals surface area (Å²) < 4.78 is 40.8. The van der Waals surface area contributed by atoms with Crippen LogP contribution >= 0.6 is 0 Å².